The molecule has 1 aliphatic rings. The van der Waals surface area contributed by atoms with Crippen molar-refractivity contribution in [2.24, 2.45) is 0 Å². The van der Waals surface area contributed by atoms with Crippen molar-refractivity contribution in [2.45, 2.75) is 26.1 Å². The highest BCUT2D eigenvalue weighted by atomic mass is 19.1. The molecule has 20 heavy (non-hydrogen) atoms. The molecule has 1 aliphatic heterocycles. The molecule has 0 amide bonds. The van der Waals surface area contributed by atoms with Crippen LogP contribution in [0.15, 0.2) is 24.3 Å². The molecular formula is C14H13FO5. The van der Waals surface area contributed by atoms with Crippen molar-refractivity contribution in [3.63, 3.8) is 0 Å². The quantitative estimate of drug-likeness (QED) is 0.521. The summed E-state index contributed by atoms with van der Waals surface area (Å²) in [6, 6.07) is 2.43. The number of ether oxygens (including phenoxy) is 2. The number of hydrogen-bond acceptors (Lipinski definition) is 4. The van der Waals surface area contributed by atoms with E-state index in [-0.39, 0.29) is 17.7 Å². The average Bonchev–Trinajstić information content (AvgIpc) is 2.76. The predicted octanol–water partition coefficient (Wildman–Crippen LogP) is 2.93. The van der Waals surface area contributed by atoms with Crippen LogP contribution in [0, 0.1) is 5.82 Å². The van der Waals surface area contributed by atoms with Gasteiger partial charge in [-0.25, -0.2) is 9.18 Å². The van der Waals surface area contributed by atoms with Crippen LogP contribution < -0.4 is 4.74 Å². The second-order valence-electron chi connectivity index (χ2n) is 4.36. The van der Waals surface area contributed by atoms with Gasteiger partial charge in [-0.1, -0.05) is 13.5 Å². The Kier molecular flexibility index (Phi) is 3.74. The van der Waals surface area contributed by atoms with E-state index in [9.17, 15) is 14.0 Å². The molecule has 1 aromatic rings. The normalized spacial score (nSPS) is 16.2. The van der Waals surface area contributed by atoms with Crippen LogP contribution in [0.2, 0.25) is 0 Å². The highest BCUT2D eigenvalue weighted by Gasteiger charge is 2.29. The zero-order valence-electron chi connectivity index (χ0n) is 10.8. The highest BCUT2D eigenvalue weighted by molar-refractivity contribution is 6.08. The number of ketones is 1. The summed E-state index contributed by atoms with van der Waals surface area (Å²) < 4.78 is 23.5. The van der Waals surface area contributed by atoms with E-state index < -0.39 is 24.0 Å². The molecule has 1 N–H and O–H groups in total. The molecule has 6 heteroatoms. The van der Waals surface area contributed by atoms with Gasteiger partial charge in [0.15, 0.2) is 5.78 Å². The number of halogens is 1. The van der Waals surface area contributed by atoms with Crippen LogP contribution in [0.1, 0.15) is 29.3 Å². The molecule has 0 bridgehead atoms. The van der Waals surface area contributed by atoms with Crippen LogP contribution >= 0.6 is 0 Å². The number of hydrogen-bond donors (Lipinski definition) is 1. The van der Waals surface area contributed by atoms with E-state index in [4.69, 9.17) is 9.84 Å². The van der Waals surface area contributed by atoms with Crippen LogP contribution in [0.25, 0.3) is 0 Å². The van der Waals surface area contributed by atoms with Gasteiger partial charge in [0.1, 0.15) is 11.6 Å². The monoisotopic (exact) mass is 280 g/mol. The Balaban J connectivity index is 2.28. The lowest BCUT2D eigenvalue weighted by Crippen LogP contribution is -2.20. The lowest BCUT2D eigenvalue weighted by atomic mass is 9.99. The standard InChI is InChI=1S/C14H13FO5/c1-3-7(2)13(16)9-4-8-5-12(20-14(17)18)19-11(8)6-10(9)15/h4,6,12H,2-3,5H2,1H3,(H,17,18). The number of allylic oxidation sites excluding steroid dienone is 1. The van der Waals surface area contributed by atoms with E-state index in [0.29, 0.717) is 17.6 Å². The molecule has 0 saturated heterocycles. The molecule has 0 radical (unpaired) electrons. The summed E-state index contributed by atoms with van der Waals surface area (Å²) in [5.74, 6) is -0.998. The second kappa shape index (κ2) is 5.32. The van der Waals surface area contributed by atoms with E-state index >= 15 is 0 Å². The maximum Gasteiger partial charge on any atom is 0.508 e. The minimum Gasteiger partial charge on any atom is -0.454 e. The molecule has 1 atom stereocenters. The Hall–Kier alpha value is -2.37. The molecule has 2 rings (SSSR count). The zero-order valence-corrected chi connectivity index (χ0v) is 10.8. The number of carbonyl (C=O) groups is 2. The van der Waals surface area contributed by atoms with Crippen molar-refractivity contribution < 1.29 is 28.6 Å². The third-order valence-corrected chi connectivity index (χ3v) is 3.02. The van der Waals surface area contributed by atoms with Gasteiger partial charge in [0.2, 0.25) is 0 Å². The molecule has 1 heterocycles. The fraction of sp³-hybridized carbons (Fsp3) is 0.286. The smallest absolute Gasteiger partial charge is 0.454 e. The van der Waals surface area contributed by atoms with Crippen LogP contribution in [0.4, 0.5) is 9.18 Å². The van der Waals surface area contributed by atoms with Gasteiger partial charge < -0.3 is 14.6 Å². The predicted molar refractivity (Wildman–Crippen MR) is 67.4 cm³/mol. The number of fused-ring (bicyclic) bond motifs is 1. The van der Waals surface area contributed by atoms with Crippen LogP contribution in [0.5, 0.6) is 5.75 Å². The summed E-state index contributed by atoms with van der Waals surface area (Å²) in [6.07, 6.45) is -1.92. The average molecular weight is 280 g/mol. The SMILES string of the molecule is C=C(CC)C(=O)c1cc2c(cc1F)OC(OC(=O)O)C2. The van der Waals surface area contributed by atoms with Crippen molar-refractivity contribution in [1.82, 2.24) is 0 Å². The minimum absolute atomic E-state index is 0.0878. The first kappa shape index (κ1) is 14.0. The first-order valence-electron chi connectivity index (χ1n) is 6.03. The minimum atomic E-state index is -1.47. The Morgan fingerprint density at radius 2 is 2.25 bits per heavy atom. The maximum atomic E-state index is 13.9. The molecule has 0 saturated carbocycles. The maximum absolute atomic E-state index is 13.9. The molecule has 1 aromatic carbocycles. The van der Waals surface area contributed by atoms with Crippen molar-refractivity contribution in [1.29, 1.82) is 0 Å². The van der Waals surface area contributed by atoms with Gasteiger partial charge in [0.05, 0.1) is 12.0 Å². The van der Waals surface area contributed by atoms with Crippen LogP contribution in [-0.4, -0.2) is 23.3 Å². The van der Waals surface area contributed by atoms with Crippen molar-refractivity contribution in [3.05, 3.63) is 41.2 Å². The lowest BCUT2D eigenvalue weighted by molar-refractivity contribution is -0.0394. The Morgan fingerprint density at radius 3 is 2.85 bits per heavy atom. The molecule has 0 aliphatic carbocycles. The molecule has 0 spiro atoms. The van der Waals surface area contributed by atoms with Gasteiger partial charge in [-0.05, 0) is 18.1 Å². The summed E-state index contributed by atoms with van der Waals surface area (Å²) in [5.41, 5.74) is 0.751. The summed E-state index contributed by atoms with van der Waals surface area (Å²) in [7, 11) is 0. The number of carbonyl (C=O) groups excluding carboxylic acids is 1. The fourth-order valence-electron chi connectivity index (χ4n) is 1.94. The molecule has 0 fully saturated rings. The Labute approximate surface area is 114 Å². The van der Waals surface area contributed by atoms with E-state index in [1.54, 1.807) is 6.92 Å². The van der Waals surface area contributed by atoms with Gasteiger partial charge in [-0.15, -0.1) is 0 Å². The van der Waals surface area contributed by atoms with Gasteiger partial charge in [0, 0.05) is 11.6 Å². The van der Waals surface area contributed by atoms with E-state index in [2.05, 4.69) is 11.3 Å². The van der Waals surface area contributed by atoms with Gasteiger partial charge >= 0.3 is 6.16 Å². The summed E-state index contributed by atoms with van der Waals surface area (Å²) in [4.78, 5) is 22.4. The molecule has 106 valence electrons. The Bertz CT molecular complexity index is 593. The number of carboxylic acid groups (broad SMARTS) is 1. The Morgan fingerprint density at radius 1 is 1.55 bits per heavy atom. The van der Waals surface area contributed by atoms with E-state index in [1.807, 2.05) is 0 Å². The van der Waals surface area contributed by atoms with Crippen molar-refractivity contribution in [2.75, 3.05) is 0 Å². The zero-order chi connectivity index (χ0) is 14.9. The first-order valence-corrected chi connectivity index (χ1v) is 6.03. The topological polar surface area (TPSA) is 72.8 Å². The fourth-order valence-corrected chi connectivity index (χ4v) is 1.94. The van der Waals surface area contributed by atoms with Crippen LogP contribution in [0.3, 0.4) is 0 Å². The van der Waals surface area contributed by atoms with Crippen molar-refractivity contribution >= 4 is 11.9 Å². The number of rotatable bonds is 4. The van der Waals surface area contributed by atoms with E-state index in [0.717, 1.165) is 6.07 Å². The molecule has 5 nitrogen and oxygen atoms in total. The van der Waals surface area contributed by atoms with Gasteiger partial charge in [-0.3, -0.25) is 4.79 Å². The molecule has 1 unspecified atom stereocenters. The number of benzene rings is 1. The van der Waals surface area contributed by atoms with Crippen molar-refractivity contribution in [3.8, 4) is 5.75 Å². The lowest BCUT2D eigenvalue weighted by Gasteiger charge is -2.08. The third kappa shape index (κ3) is 2.64. The largest absolute Gasteiger partial charge is 0.508 e. The summed E-state index contributed by atoms with van der Waals surface area (Å²) in [5, 5.41) is 8.51. The van der Waals surface area contributed by atoms with Crippen LogP contribution in [-0.2, 0) is 11.2 Å². The van der Waals surface area contributed by atoms with Gasteiger partial charge in [-0.2, -0.15) is 0 Å². The summed E-state index contributed by atoms with van der Waals surface area (Å²) >= 11 is 0. The molecular weight excluding hydrogens is 267 g/mol. The summed E-state index contributed by atoms with van der Waals surface area (Å²) in [6.45, 7) is 5.34. The first-order chi connectivity index (χ1) is 9.42. The molecule has 0 aromatic heterocycles. The highest BCUT2D eigenvalue weighted by Crippen LogP contribution is 2.32. The number of Topliss-reactive ketones (excluding diaryl/α,β-unsaturated/α-hetero) is 1. The van der Waals surface area contributed by atoms with Gasteiger partial charge in [0.25, 0.3) is 6.29 Å². The van der Waals surface area contributed by atoms with E-state index in [1.165, 1.54) is 6.07 Å². The third-order valence-electron chi connectivity index (χ3n) is 3.02. The second-order valence-corrected chi connectivity index (χ2v) is 4.36.